The number of benzene rings is 2. The summed E-state index contributed by atoms with van der Waals surface area (Å²) in [6, 6.07) is 14.3. The van der Waals surface area contributed by atoms with Crippen LogP contribution in [0.1, 0.15) is 59.6 Å². The van der Waals surface area contributed by atoms with Crippen LogP contribution in [0.5, 0.6) is 0 Å². The van der Waals surface area contributed by atoms with Crippen molar-refractivity contribution in [1.29, 1.82) is 0 Å². The molecule has 2 N–H and O–H groups in total. The van der Waals surface area contributed by atoms with Crippen molar-refractivity contribution in [1.82, 2.24) is 5.32 Å². The van der Waals surface area contributed by atoms with Crippen LogP contribution in [0.15, 0.2) is 54.6 Å². The Morgan fingerprint density at radius 1 is 1.22 bits per heavy atom. The maximum absolute atomic E-state index is 12.5. The van der Waals surface area contributed by atoms with Gasteiger partial charge in [0.25, 0.3) is 5.91 Å². The van der Waals surface area contributed by atoms with Crippen molar-refractivity contribution in [3.8, 4) is 0 Å². The number of nitrogens with one attached hydrogen (secondary N) is 2. The van der Waals surface area contributed by atoms with Gasteiger partial charge in [-0.05, 0) is 54.2 Å². The number of fused-ring (bicyclic) bond motifs is 3. The van der Waals surface area contributed by atoms with Crippen molar-refractivity contribution < 1.29 is 4.79 Å². The molecule has 2 aromatic rings. The number of carbonyl (C=O) groups is 1. The molecular weight excluding hydrogens is 356 g/mol. The Balaban J connectivity index is 1.64. The van der Waals surface area contributed by atoms with E-state index in [-0.39, 0.29) is 11.9 Å². The lowest BCUT2D eigenvalue weighted by Gasteiger charge is -2.38. The zero-order valence-corrected chi connectivity index (χ0v) is 16.3. The van der Waals surface area contributed by atoms with E-state index < -0.39 is 0 Å². The minimum absolute atomic E-state index is 0.0120. The van der Waals surface area contributed by atoms with Gasteiger partial charge in [-0.1, -0.05) is 55.3 Å². The molecule has 1 amide bonds. The lowest BCUT2D eigenvalue weighted by Crippen LogP contribution is -2.30. The van der Waals surface area contributed by atoms with E-state index in [0.29, 0.717) is 11.8 Å². The van der Waals surface area contributed by atoms with E-state index in [1.807, 2.05) is 30.3 Å². The number of carbonyl (C=O) groups excluding carboxylic acids is 1. The van der Waals surface area contributed by atoms with Crippen LogP contribution in [0.4, 0.5) is 5.69 Å². The van der Waals surface area contributed by atoms with Crippen LogP contribution >= 0.6 is 11.6 Å². The molecule has 3 unspecified atom stereocenters. The summed E-state index contributed by atoms with van der Waals surface area (Å²) in [5, 5.41) is 7.50. The Bertz CT molecular complexity index is 876. The largest absolute Gasteiger partial charge is 0.378 e. The van der Waals surface area contributed by atoms with Gasteiger partial charge in [0.1, 0.15) is 0 Å². The van der Waals surface area contributed by atoms with Gasteiger partial charge in [0.2, 0.25) is 0 Å². The third-order valence-electron chi connectivity index (χ3n) is 5.68. The van der Waals surface area contributed by atoms with Crippen LogP contribution in [-0.2, 0) is 0 Å². The third-order valence-corrected chi connectivity index (χ3v) is 6.03. The molecule has 0 aromatic heterocycles. The van der Waals surface area contributed by atoms with E-state index in [4.69, 9.17) is 11.6 Å². The summed E-state index contributed by atoms with van der Waals surface area (Å²) in [7, 11) is 0. The molecule has 0 bridgehead atoms. The van der Waals surface area contributed by atoms with Crippen LogP contribution < -0.4 is 10.6 Å². The highest BCUT2D eigenvalue weighted by molar-refractivity contribution is 6.31. The second kappa shape index (κ2) is 7.77. The number of hydrogen-bond donors (Lipinski definition) is 2. The molecule has 4 rings (SSSR count). The summed E-state index contributed by atoms with van der Waals surface area (Å²) >= 11 is 6.49. The van der Waals surface area contributed by atoms with Gasteiger partial charge in [-0.3, -0.25) is 4.79 Å². The first-order chi connectivity index (χ1) is 13.2. The molecule has 1 aliphatic heterocycles. The van der Waals surface area contributed by atoms with E-state index in [9.17, 15) is 4.79 Å². The van der Waals surface area contributed by atoms with Crippen molar-refractivity contribution in [3.05, 3.63) is 76.3 Å². The minimum Gasteiger partial charge on any atom is -0.378 e. The van der Waals surface area contributed by atoms with Gasteiger partial charge in [-0.25, -0.2) is 0 Å². The molecule has 3 atom stereocenters. The lowest BCUT2D eigenvalue weighted by atomic mass is 9.76. The molecule has 4 heteroatoms. The van der Waals surface area contributed by atoms with Crippen molar-refractivity contribution in [2.24, 2.45) is 5.92 Å². The second-order valence-electron chi connectivity index (χ2n) is 7.41. The van der Waals surface area contributed by atoms with Crippen LogP contribution in [0.3, 0.4) is 0 Å². The molecular formula is C23H25ClN2O. The quantitative estimate of drug-likeness (QED) is 0.516. The first-order valence-electron chi connectivity index (χ1n) is 9.79. The smallest absolute Gasteiger partial charge is 0.251 e. The van der Waals surface area contributed by atoms with E-state index in [2.05, 4.69) is 41.8 Å². The van der Waals surface area contributed by atoms with Crippen LogP contribution in [0, 0.1) is 5.92 Å². The van der Waals surface area contributed by atoms with E-state index in [1.165, 1.54) is 5.56 Å². The Kier molecular flexibility index (Phi) is 5.22. The predicted octanol–water partition coefficient (Wildman–Crippen LogP) is 5.70. The maximum Gasteiger partial charge on any atom is 0.251 e. The van der Waals surface area contributed by atoms with Crippen LogP contribution in [-0.4, -0.2) is 12.5 Å². The fraction of sp³-hybridized carbons (Fsp3) is 0.348. The molecule has 0 saturated carbocycles. The first-order valence-corrected chi connectivity index (χ1v) is 10.2. The standard InChI is InChI=1S/C23H25ClN2O/c1-2-3-13-25-23(27)15-11-12-21-19(14-15)16-8-6-9-17(16)22(26-21)18-7-4-5-10-20(18)24/h4-8,10-12,14,16-17,22,26H,2-3,9,13H2,1H3,(H,25,27). The number of unbranched alkanes of at least 4 members (excludes halogenated alkanes) is 1. The molecule has 27 heavy (non-hydrogen) atoms. The Morgan fingerprint density at radius 2 is 2.07 bits per heavy atom. The molecule has 1 heterocycles. The molecule has 2 aromatic carbocycles. The zero-order valence-electron chi connectivity index (χ0n) is 15.5. The normalized spacial score (nSPS) is 22.7. The maximum atomic E-state index is 12.5. The number of hydrogen-bond acceptors (Lipinski definition) is 2. The molecule has 0 saturated heterocycles. The summed E-state index contributed by atoms with van der Waals surface area (Å²) in [5.74, 6) is 0.736. The van der Waals surface area contributed by atoms with Crippen molar-refractivity contribution >= 4 is 23.2 Å². The predicted molar refractivity (Wildman–Crippen MR) is 111 cm³/mol. The number of halogens is 1. The molecule has 3 nitrogen and oxygen atoms in total. The van der Waals surface area contributed by atoms with Gasteiger partial charge < -0.3 is 10.6 Å². The lowest BCUT2D eigenvalue weighted by molar-refractivity contribution is 0.0953. The topological polar surface area (TPSA) is 41.1 Å². The van der Waals surface area contributed by atoms with E-state index in [1.54, 1.807) is 0 Å². The average molecular weight is 381 g/mol. The number of allylic oxidation sites excluding steroid dienone is 2. The van der Waals surface area contributed by atoms with Crippen LogP contribution in [0.25, 0.3) is 0 Å². The molecule has 140 valence electrons. The summed E-state index contributed by atoms with van der Waals surface area (Å²) < 4.78 is 0. The fourth-order valence-corrected chi connectivity index (χ4v) is 4.50. The SMILES string of the molecule is CCCCNC(=O)c1ccc2c(c1)C1C=CCC1C(c1ccccc1Cl)N2. The van der Waals surface area contributed by atoms with Crippen molar-refractivity contribution in [3.63, 3.8) is 0 Å². The highest BCUT2D eigenvalue weighted by Gasteiger charge is 2.38. The zero-order chi connectivity index (χ0) is 18.8. The highest BCUT2D eigenvalue weighted by atomic mass is 35.5. The van der Waals surface area contributed by atoms with Gasteiger partial charge in [-0.2, -0.15) is 0 Å². The molecule has 1 aliphatic carbocycles. The summed E-state index contributed by atoms with van der Waals surface area (Å²) in [6.45, 7) is 2.85. The van der Waals surface area contributed by atoms with Gasteiger partial charge in [0.05, 0.1) is 6.04 Å². The Hall–Kier alpha value is -2.26. The van der Waals surface area contributed by atoms with Crippen LogP contribution in [0.2, 0.25) is 5.02 Å². The Morgan fingerprint density at radius 3 is 2.89 bits per heavy atom. The Labute approximate surface area is 165 Å². The molecule has 0 spiro atoms. The second-order valence-corrected chi connectivity index (χ2v) is 7.82. The summed E-state index contributed by atoms with van der Waals surface area (Å²) in [6.07, 6.45) is 7.63. The highest BCUT2D eigenvalue weighted by Crippen LogP contribution is 2.50. The van der Waals surface area contributed by atoms with Gasteiger partial charge in [0, 0.05) is 28.7 Å². The van der Waals surface area contributed by atoms with Gasteiger partial charge in [0.15, 0.2) is 0 Å². The molecule has 0 radical (unpaired) electrons. The molecule has 2 aliphatic rings. The van der Waals surface area contributed by atoms with Crippen molar-refractivity contribution in [2.75, 3.05) is 11.9 Å². The van der Waals surface area contributed by atoms with Gasteiger partial charge >= 0.3 is 0 Å². The number of rotatable bonds is 5. The first kappa shape index (κ1) is 18.1. The monoisotopic (exact) mass is 380 g/mol. The van der Waals surface area contributed by atoms with Crippen molar-refractivity contribution in [2.45, 2.75) is 38.1 Å². The van der Waals surface area contributed by atoms with E-state index in [0.717, 1.165) is 47.6 Å². The fourth-order valence-electron chi connectivity index (χ4n) is 4.25. The van der Waals surface area contributed by atoms with Gasteiger partial charge in [-0.15, -0.1) is 0 Å². The summed E-state index contributed by atoms with van der Waals surface area (Å²) in [4.78, 5) is 12.5. The molecule has 0 fully saturated rings. The summed E-state index contributed by atoms with van der Waals surface area (Å²) in [5.41, 5.74) is 4.19. The minimum atomic E-state index is 0.0120. The number of anilines is 1. The number of amides is 1. The third kappa shape index (κ3) is 3.49. The average Bonchev–Trinajstić information content (AvgIpc) is 3.18. The van der Waals surface area contributed by atoms with E-state index >= 15 is 0 Å².